The van der Waals surface area contributed by atoms with E-state index < -0.39 is 6.10 Å². The molecule has 254 valence electrons. The molecule has 7 heteroatoms. The molecule has 45 heavy (non-hydrogen) atoms. The van der Waals surface area contributed by atoms with Gasteiger partial charge >= 0.3 is 5.97 Å². The Labute approximate surface area is 271 Å². The number of carbonyl (C=O) groups excluding carboxylic acids is 1. The molecule has 0 aromatic heterocycles. The summed E-state index contributed by atoms with van der Waals surface area (Å²) in [5, 5.41) is 16.0. The monoisotopic (exact) mass is 627 g/mol. The van der Waals surface area contributed by atoms with Gasteiger partial charge in [0.05, 0.1) is 36.9 Å². The zero-order valence-corrected chi connectivity index (χ0v) is 29.1. The van der Waals surface area contributed by atoms with Gasteiger partial charge in [-0.05, 0) is 115 Å². The van der Waals surface area contributed by atoms with Gasteiger partial charge in [-0.1, -0.05) is 48.5 Å². The maximum atomic E-state index is 12.8. The Kier molecular flexibility index (Phi) is 7.28. The van der Waals surface area contributed by atoms with E-state index in [0.717, 1.165) is 45.4 Å². The number of rotatable bonds is 6. The molecule has 2 spiro atoms. The molecule has 8 aliphatic rings. The molecule has 14 atom stereocenters. The number of esters is 1. The van der Waals surface area contributed by atoms with Crippen LogP contribution in [0.1, 0.15) is 113 Å². The Hall–Kier alpha value is -0.730. The first-order valence-corrected chi connectivity index (χ1v) is 18.8. The van der Waals surface area contributed by atoms with E-state index in [-0.39, 0.29) is 64.8 Å². The molecule has 0 amide bonds. The van der Waals surface area contributed by atoms with Gasteiger partial charge in [0.1, 0.15) is 6.10 Å². The van der Waals surface area contributed by atoms with Crippen LogP contribution < -0.4 is 5.32 Å². The van der Waals surface area contributed by atoms with Crippen molar-refractivity contribution in [3.8, 4) is 0 Å². The van der Waals surface area contributed by atoms with Crippen LogP contribution >= 0.6 is 0 Å². The Bertz CT molecular complexity index is 1180. The summed E-state index contributed by atoms with van der Waals surface area (Å²) in [6.45, 7) is 19.1. The van der Waals surface area contributed by atoms with E-state index in [2.05, 4.69) is 53.8 Å². The third-order valence-electron chi connectivity index (χ3n) is 16.2. The topological polar surface area (TPSA) is 86.3 Å². The Morgan fingerprint density at radius 1 is 0.978 bits per heavy atom. The molecule has 6 saturated carbocycles. The van der Waals surface area contributed by atoms with Gasteiger partial charge in [-0.3, -0.25) is 4.79 Å². The van der Waals surface area contributed by atoms with Crippen LogP contribution in [0.15, 0.2) is 0 Å². The maximum Gasteiger partial charge on any atom is 0.309 e. The molecular formula is C38H61NO6. The van der Waals surface area contributed by atoms with Crippen molar-refractivity contribution in [3.05, 3.63) is 0 Å². The van der Waals surface area contributed by atoms with Gasteiger partial charge in [-0.15, -0.1) is 0 Å². The molecule has 8 rings (SSSR count). The second-order valence-corrected chi connectivity index (χ2v) is 18.6. The fraction of sp³-hybridized carbons (Fsp3) is 0.974. The highest BCUT2D eigenvalue weighted by Crippen LogP contribution is 2.89. The largest absolute Gasteiger partial charge is 0.459 e. The van der Waals surface area contributed by atoms with Crippen molar-refractivity contribution in [2.45, 2.75) is 149 Å². The lowest BCUT2D eigenvalue weighted by Gasteiger charge is -2.63. The second-order valence-electron chi connectivity index (χ2n) is 18.6. The lowest BCUT2D eigenvalue weighted by molar-refractivity contribution is -0.237. The van der Waals surface area contributed by atoms with Crippen molar-refractivity contribution >= 4 is 5.97 Å². The third kappa shape index (κ3) is 4.21. The second kappa shape index (κ2) is 10.4. The molecule has 2 saturated heterocycles. The predicted octanol–water partition coefficient (Wildman–Crippen LogP) is 6.11. The van der Waals surface area contributed by atoms with Crippen LogP contribution in [-0.2, 0) is 23.7 Å². The van der Waals surface area contributed by atoms with E-state index in [1.165, 1.54) is 38.5 Å². The average Bonchev–Trinajstić information content (AvgIpc) is 3.92. The number of morpholine rings is 1. The third-order valence-corrected chi connectivity index (χ3v) is 16.2. The fourth-order valence-corrected chi connectivity index (χ4v) is 13.8. The molecule has 2 N–H and O–H groups in total. The predicted molar refractivity (Wildman–Crippen MR) is 171 cm³/mol. The Morgan fingerprint density at radius 3 is 2.40 bits per heavy atom. The van der Waals surface area contributed by atoms with Gasteiger partial charge in [0.2, 0.25) is 0 Å². The SMILES string of the molecule is CC(C)C(OC(=O)C1CC1)C1C[C@@H](C)[C@H]2C(O1)[C@H](O)[C@@]1(C)C3CC[C@H]4C(C)(C)C(O[C@H]5CNCCO5)CCC45CC35CCC21C. The lowest BCUT2D eigenvalue weighted by Crippen LogP contribution is -2.60. The van der Waals surface area contributed by atoms with Gasteiger partial charge in [0, 0.05) is 18.5 Å². The summed E-state index contributed by atoms with van der Waals surface area (Å²) in [4.78, 5) is 12.8. The molecule has 0 radical (unpaired) electrons. The first kappa shape index (κ1) is 31.5. The average molecular weight is 628 g/mol. The number of hydrogen-bond acceptors (Lipinski definition) is 7. The highest BCUT2D eigenvalue weighted by Gasteiger charge is 2.84. The summed E-state index contributed by atoms with van der Waals surface area (Å²) < 4.78 is 25.9. The molecule has 2 aliphatic heterocycles. The number of ether oxygens (including phenoxy) is 4. The fourth-order valence-electron chi connectivity index (χ4n) is 13.8. The maximum absolute atomic E-state index is 12.8. The smallest absolute Gasteiger partial charge is 0.309 e. The van der Waals surface area contributed by atoms with Crippen molar-refractivity contribution in [1.29, 1.82) is 0 Å². The molecule has 0 aromatic rings. The van der Waals surface area contributed by atoms with Crippen LogP contribution in [0.25, 0.3) is 0 Å². The zero-order valence-electron chi connectivity index (χ0n) is 29.1. The van der Waals surface area contributed by atoms with Crippen molar-refractivity contribution in [2.75, 3.05) is 19.7 Å². The minimum Gasteiger partial charge on any atom is -0.459 e. The summed E-state index contributed by atoms with van der Waals surface area (Å²) in [7, 11) is 0. The van der Waals surface area contributed by atoms with E-state index in [1.54, 1.807) is 0 Å². The Morgan fingerprint density at radius 2 is 1.71 bits per heavy atom. The summed E-state index contributed by atoms with van der Waals surface area (Å²) in [6, 6.07) is 0. The molecule has 6 aliphatic carbocycles. The minimum atomic E-state index is -0.496. The van der Waals surface area contributed by atoms with Crippen molar-refractivity contribution < 1.29 is 28.8 Å². The quantitative estimate of drug-likeness (QED) is 0.344. The number of fused-ring (bicyclic) bond motifs is 4. The van der Waals surface area contributed by atoms with Crippen molar-refractivity contribution in [1.82, 2.24) is 5.32 Å². The summed E-state index contributed by atoms with van der Waals surface area (Å²) in [6.07, 6.45) is 10.4. The normalized spacial score (nSPS) is 53.8. The molecule has 8 unspecified atom stereocenters. The van der Waals surface area contributed by atoms with Crippen LogP contribution in [-0.4, -0.2) is 67.6 Å². The summed E-state index contributed by atoms with van der Waals surface area (Å²) in [5.41, 5.74) is 0.652. The highest BCUT2D eigenvalue weighted by molar-refractivity contribution is 5.75. The number of nitrogens with one attached hydrogen (secondary N) is 1. The molecule has 0 bridgehead atoms. The number of aliphatic hydroxyl groups is 1. The van der Waals surface area contributed by atoms with Gasteiger partial charge in [0.15, 0.2) is 6.29 Å². The molecule has 0 aromatic carbocycles. The number of aliphatic hydroxyl groups excluding tert-OH is 1. The number of carbonyl (C=O) groups is 1. The van der Waals surface area contributed by atoms with Crippen LogP contribution in [0.2, 0.25) is 0 Å². The summed E-state index contributed by atoms with van der Waals surface area (Å²) in [5.74, 6) is 2.13. The van der Waals surface area contributed by atoms with E-state index in [1.807, 2.05) is 0 Å². The molecular weight excluding hydrogens is 566 g/mol. The van der Waals surface area contributed by atoms with Gasteiger partial charge < -0.3 is 29.4 Å². The Balaban J connectivity index is 1.05. The van der Waals surface area contributed by atoms with Crippen molar-refractivity contribution in [3.63, 3.8) is 0 Å². The van der Waals surface area contributed by atoms with Gasteiger partial charge in [0.25, 0.3) is 0 Å². The van der Waals surface area contributed by atoms with E-state index in [4.69, 9.17) is 18.9 Å². The van der Waals surface area contributed by atoms with Crippen LogP contribution in [0, 0.1) is 62.6 Å². The lowest BCUT2D eigenvalue weighted by atomic mass is 9.41. The van der Waals surface area contributed by atoms with Gasteiger partial charge in [-0.2, -0.15) is 0 Å². The molecule has 8 fully saturated rings. The molecule has 2 heterocycles. The van der Waals surface area contributed by atoms with Gasteiger partial charge in [-0.25, -0.2) is 0 Å². The first-order valence-electron chi connectivity index (χ1n) is 18.8. The highest BCUT2D eigenvalue weighted by atomic mass is 16.7. The summed E-state index contributed by atoms with van der Waals surface area (Å²) >= 11 is 0. The number of hydrogen-bond donors (Lipinski definition) is 2. The minimum absolute atomic E-state index is 0.0349. The molecule has 7 nitrogen and oxygen atoms in total. The van der Waals surface area contributed by atoms with Crippen LogP contribution in [0.3, 0.4) is 0 Å². The first-order chi connectivity index (χ1) is 21.3. The van der Waals surface area contributed by atoms with E-state index in [0.29, 0.717) is 34.5 Å². The van der Waals surface area contributed by atoms with E-state index in [9.17, 15) is 9.90 Å². The van der Waals surface area contributed by atoms with Crippen molar-refractivity contribution in [2.24, 2.45) is 62.6 Å². The van der Waals surface area contributed by atoms with E-state index >= 15 is 0 Å². The van der Waals surface area contributed by atoms with Crippen LogP contribution in [0.4, 0.5) is 0 Å². The standard InChI is InChI=1S/C38H61NO6/c1-21(2)30(45-33(41)23-8-9-23)24-18-22(3)29-31(43-24)32(40)36(7)26-11-10-25-34(4,5)27(44-28-19-39-16-17-42-28)12-13-37(25)20-38(26,37)15-14-35(29,36)6/h21-32,39-40H,8-20H2,1-7H3/t22-,24?,25+,26?,27?,28+,29+,30?,31?,32+,35?,36-,37?,38?/m1/s1. The van der Waals surface area contributed by atoms with Crippen LogP contribution in [0.5, 0.6) is 0 Å². The zero-order chi connectivity index (χ0) is 31.7.